The van der Waals surface area contributed by atoms with Crippen molar-refractivity contribution < 1.29 is 19.2 Å². The summed E-state index contributed by atoms with van der Waals surface area (Å²) in [4.78, 5) is 51.4. The lowest BCUT2D eigenvalue weighted by Gasteiger charge is -2.35. The van der Waals surface area contributed by atoms with Crippen molar-refractivity contribution in [1.82, 2.24) is 10.2 Å². The van der Waals surface area contributed by atoms with Crippen LogP contribution in [0.3, 0.4) is 0 Å². The summed E-state index contributed by atoms with van der Waals surface area (Å²) >= 11 is 0. The Morgan fingerprint density at radius 2 is 1.74 bits per heavy atom. The molecule has 0 spiro atoms. The number of rotatable bonds is 5. The summed E-state index contributed by atoms with van der Waals surface area (Å²) in [5.74, 6) is -0.931. The second kappa shape index (κ2) is 10.1. The van der Waals surface area contributed by atoms with Crippen molar-refractivity contribution in [3.8, 4) is 0 Å². The van der Waals surface area contributed by atoms with Gasteiger partial charge in [0.1, 0.15) is 0 Å². The van der Waals surface area contributed by atoms with Crippen LogP contribution >= 0.6 is 0 Å². The molecular weight excluding hydrogens is 432 g/mol. The number of piperidine rings is 2. The Morgan fingerprint density at radius 1 is 1.03 bits per heavy atom. The van der Waals surface area contributed by atoms with Crippen LogP contribution in [0.4, 0.5) is 16.2 Å². The van der Waals surface area contributed by atoms with Crippen LogP contribution in [0.5, 0.6) is 0 Å². The summed E-state index contributed by atoms with van der Waals surface area (Å²) < 4.78 is 0. The lowest BCUT2D eigenvalue weighted by Crippen LogP contribution is -2.51. The van der Waals surface area contributed by atoms with Gasteiger partial charge in [-0.05, 0) is 55.5 Å². The van der Waals surface area contributed by atoms with E-state index < -0.39 is 5.41 Å². The predicted molar refractivity (Wildman–Crippen MR) is 129 cm³/mol. The second-order valence-corrected chi connectivity index (χ2v) is 8.96. The van der Waals surface area contributed by atoms with E-state index >= 15 is 0 Å². The monoisotopic (exact) mass is 462 g/mol. The van der Waals surface area contributed by atoms with E-state index in [0.29, 0.717) is 44.5 Å². The highest BCUT2D eigenvalue weighted by Crippen LogP contribution is 2.36. The Kier molecular flexibility index (Phi) is 6.95. The number of para-hydroxylation sites is 1. The lowest BCUT2D eigenvalue weighted by atomic mass is 9.72. The number of imide groups is 1. The summed E-state index contributed by atoms with van der Waals surface area (Å²) in [6, 6.07) is 16.3. The molecule has 2 aromatic rings. The van der Waals surface area contributed by atoms with Crippen molar-refractivity contribution in [3.63, 3.8) is 0 Å². The van der Waals surface area contributed by atoms with Gasteiger partial charge in [-0.15, -0.1) is 0 Å². The predicted octanol–water partition coefficient (Wildman–Crippen LogP) is 3.65. The fourth-order valence-corrected chi connectivity index (χ4v) is 4.78. The highest BCUT2D eigenvalue weighted by Gasteiger charge is 2.42. The van der Waals surface area contributed by atoms with Gasteiger partial charge in [0.15, 0.2) is 0 Å². The Morgan fingerprint density at radius 3 is 2.41 bits per heavy atom. The van der Waals surface area contributed by atoms with E-state index in [-0.39, 0.29) is 29.7 Å². The van der Waals surface area contributed by atoms with Crippen LogP contribution in [0.2, 0.25) is 0 Å². The number of urea groups is 1. The van der Waals surface area contributed by atoms with Crippen LogP contribution in [0.1, 0.15) is 44.6 Å². The van der Waals surface area contributed by atoms with E-state index in [1.165, 1.54) is 0 Å². The summed E-state index contributed by atoms with van der Waals surface area (Å²) in [6.07, 6.45) is 2.84. The van der Waals surface area contributed by atoms with Crippen LogP contribution in [0.15, 0.2) is 54.6 Å². The van der Waals surface area contributed by atoms with Gasteiger partial charge in [0, 0.05) is 30.9 Å². The van der Waals surface area contributed by atoms with Crippen molar-refractivity contribution in [2.24, 2.45) is 5.92 Å². The van der Waals surface area contributed by atoms with Crippen molar-refractivity contribution >= 4 is 35.1 Å². The number of nitrogens with one attached hydrogen (secondary N) is 3. The number of benzene rings is 2. The average molecular weight is 463 g/mol. The minimum atomic E-state index is -0.730. The minimum absolute atomic E-state index is 0.129. The van der Waals surface area contributed by atoms with E-state index in [2.05, 4.69) is 16.0 Å². The molecule has 0 saturated carbocycles. The molecule has 0 bridgehead atoms. The largest absolute Gasteiger partial charge is 0.326 e. The van der Waals surface area contributed by atoms with Gasteiger partial charge in [-0.25, -0.2) is 4.79 Å². The first kappa shape index (κ1) is 23.5. The van der Waals surface area contributed by atoms with Crippen LogP contribution < -0.4 is 16.0 Å². The Balaban J connectivity index is 1.37. The van der Waals surface area contributed by atoms with Crippen LogP contribution in [-0.2, 0) is 19.8 Å². The number of anilines is 2. The molecule has 8 heteroatoms. The quantitative estimate of drug-likeness (QED) is 0.590. The van der Waals surface area contributed by atoms with Gasteiger partial charge in [0.05, 0.1) is 11.3 Å². The molecule has 2 saturated heterocycles. The number of hydrogen-bond donors (Lipinski definition) is 3. The zero-order chi connectivity index (χ0) is 24.1. The number of carbonyl (C=O) groups is 4. The van der Waals surface area contributed by atoms with Crippen LogP contribution in [0.25, 0.3) is 0 Å². The molecule has 2 heterocycles. The average Bonchev–Trinajstić information content (AvgIpc) is 2.86. The molecule has 2 fully saturated rings. The van der Waals surface area contributed by atoms with E-state index in [9.17, 15) is 19.2 Å². The molecule has 0 aliphatic carbocycles. The van der Waals surface area contributed by atoms with Crippen molar-refractivity contribution in [2.75, 3.05) is 23.7 Å². The Labute approximate surface area is 199 Å². The normalized spacial score (nSPS) is 22.6. The van der Waals surface area contributed by atoms with E-state index in [1.54, 1.807) is 17.0 Å². The maximum absolute atomic E-state index is 12.9. The summed E-state index contributed by atoms with van der Waals surface area (Å²) in [5.41, 5.74) is 1.46. The Hall–Kier alpha value is -3.68. The molecule has 0 radical (unpaired) electrons. The second-order valence-electron chi connectivity index (χ2n) is 8.96. The van der Waals surface area contributed by atoms with Crippen molar-refractivity contribution in [1.29, 1.82) is 0 Å². The maximum atomic E-state index is 12.9. The number of nitrogens with zero attached hydrogens (tertiary/aromatic N) is 1. The van der Waals surface area contributed by atoms with Gasteiger partial charge in [0.25, 0.3) is 0 Å². The van der Waals surface area contributed by atoms with Gasteiger partial charge < -0.3 is 15.5 Å². The number of amides is 5. The van der Waals surface area contributed by atoms with Gasteiger partial charge in [-0.3, -0.25) is 19.7 Å². The van der Waals surface area contributed by atoms with Crippen LogP contribution in [-0.4, -0.2) is 41.7 Å². The maximum Gasteiger partial charge on any atom is 0.321 e. The van der Waals surface area contributed by atoms with Gasteiger partial charge in [-0.2, -0.15) is 0 Å². The molecular formula is C26H30N4O4. The molecule has 8 nitrogen and oxygen atoms in total. The fraction of sp³-hybridized carbons (Fsp3) is 0.385. The highest BCUT2D eigenvalue weighted by molar-refractivity contribution is 6.03. The molecule has 2 aromatic carbocycles. The first-order valence-electron chi connectivity index (χ1n) is 11.8. The summed E-state index contributed by atoms with van der Waals surface area (Å²) in [7, 11) is 0. The minimum Gasteiger partial charge on any atom is -0.326 e. The third-order valence-corrected chi connectivity index (χ3v) is 6.88. The molecule has 4 rings (SSSR count). The van der Waals surface area contributed by atoms with Crippen molar-refractivity contribution in [3.05, 3.63) is 60.2 Å². The third-order valence-electron chi connectivity index (χ3n) is 6.88. The zero-order valence-corrected chi connectivity index (χ0v) is 19.3. The highest BCUT2D eigenvalue weighted by atomic mass is 16.2. The first-order chi connectivity index (χ1) is 16.4. The number of hydrogen-bond acceptors (Lipinski definition) is 4. The fourth-order valence-electron chi connectivity index (χ4n) is 4.78. The number of likely N-dealkylation sites (tertiary alicyclic amines) is 1. The molecule has 178 valence electrons. The number of carbonyl (C=O) groups excluding carboxylic acids is 4. The molecule has 2 atom stereocenters. The summed E-state index contributed by atoms with van der Waals surface area (Å²) in [6.45, 7) is 2.91. The summed E-state index contributed by atoms with van der Waals surface area (Å²) in [5, 5.41) is 8.28. The smallest absolute Gasteiger partial charge is 0.321 e. The molecule has 34 heavy (non-hydrogen) atoms. The van der Waals surface area contributed by atoms with Crippen LogP contribution in [0, 0.1) is 5.92 Å². The van der Waals surface area contributed by atoms with Crippen molar-refractivity contribution in [2.45, 2.75) is 44.4 Å². The lowest BCUT2D eigenvalue weighted by molar-refractivity contribution is -0.138. The standard InChI is InChI=1S/C26H30N4O4/c1-2-26(15-14-22(31)29-24(26)33)19-10-12-21(13-11-19)27-23(32)18-7-6-16-30(17-18)25(34)28-20-8-4-3-5-9-20/h3-5,8-13,18H,2,6-7,14-17H2,1H3,(H,27,32)(H,28,34)(H,29,31,33). The first-order valence-corrected chi connectivity index (χ1v) is 11.8. The molecule has 3 N–H and O–H groups in total. The third kappa shape index (κ3) is 4.95. The molecule has 2 aliphatic rings. The molecule has 2 unspecified atom stereocenters. The SMILES string of the molecule is CCC1(c2ccc(NC(=O)C3CCCN(C(=O)Nc4ccccc4)C3)cc2)CCC(=O)NC1=O. The van der Waals surface area contributed by atoms with Gasteiger partial charge in [-0.1, -0.05) is 37.3 Å². The van der Waals surface area contributed by atoms with Gasteiger partial charge >= 0.3 is 6.03 Å². The molecule has 0 aromatic heterocycles. The zero-order valence-electron chi connectivity index (χ0n) is 19.3. The van der Waals surface area contributed by atoms with E-state index in [1.807, 2.05) is 49.4 Å². The molecule has 2 aliphatic heterocycles. The van der Waals surface area contributed by atoms with Gasteiger partial charge in [0.2, 0.25) is 17.7 Å². The van der Waals surface area contributed by atoms with E-state index in [0.717, 1.165) is 17.7 Å². The van der Waals surface area contributed by atoms with E-state index in [4.69, 9.17) is 0 Å². The Bertz CT molecular complexity index is 1070. The topological polar surface area (TPSA) is 108 Å². The molecule has 5 amide bonds.